The first-order valence-corrected chi connectivity index (χ1v) is 7.44. The van der Waals surface area contributed by atoms with Gasteiger partial charge in [0.25, 0.3) is 5.56 Å². The van der Waals surface area contributed by atoms with E-state index in [9.17, 15) is 4.79 Å². The van der Waals surface area contributed by atoms with Crippen LogP contribution in [-0.4, -0.2) is 23.2 Å². The highest BCUT2D eigenvalue weighted by Gasteiger charge is 2.11. The lowest BCUT2D eigenvalue weighted by molar-refractivity contribution is 0.246. The number of thiazole rings is 1. The van der Waals surface area contributed by atoms with Crippen molar-refractivity contribution in [2.75, 3.05) is 13.7 Å². The summed E-state index contributed by atoms with van der Waals surface area (Å²) in [7, 11) is 1.95. The van der Waals surface area contributed by atoms with Gasteiger partial charge in [-0.3, -0.25) is 14.3 Å². The summed E-state index contributed by atoms with van der Waals surface area (Å²) in [5.74, 6) is 0. The van der Waals surface area contributed by atoms with Gasteiger partial charge in [-0.15, -0.1) is 0 Å². The second-order valence-electron chi connectivity index (χ2n) is 4.47. The fourth-order valence-corrected chi connectivity index (χ4v) is 3.15. The summed E-state index contributed by atoms with van der Waals surface area (Å²) in [6.07, 6.45) is 1.92. The number of hydrogen-bond donors (Lipinski definition) is 0. The van der Waals surface area contributed by atoms with Gasteiger partial charge in [0.2, 0.25) is 0 Å². The molecular formula is C13H12BrN3OS. The van der Waals surface area contributed by atoms with Crippen LogP contribution >= 0.6 is 27.3 Å². The Bertz CT molecular complexity index is 776. The Balaban J connectivity index is 2.13. The average Bonchev–Trinajstić information content (AvgIpc) is 2.70. The summed E-state index contributed by atoms with van der Waals surface area (Å²) in [6.45, 7) is 1.26. The van der Waals surface area contributed by atoms with Gasteiger partial charge in [0.05, 0.1) is 17.9 Å². The summed E-state index contributed by atoms with van der Waals surface area (Å²) in [5.41, 5.74) is 1.06. The molecule has 1 aliphatic heterocycles. The number of hydrogen-bond acceptors (Lipinski definition) is 4. The van der Waals surface area contributed by atoms with E-state index in [1.807, 2.05) is 42.3 Å². The Morgan fingerprint density at radius 2 is 2.11 bits per heavy atom. The van der Waals surface area contributed by atoms with Crippen molar-refractivity contribution >= 4 is 33.3 Å². The summed E-state index contributed by atoms with van der Waals surface area (Å²) < 4.78 is 3.48. The molecule has 98 valence electrons. The highest BCUT2D eigenvalue weighted by Crippen LogP contribution is 2.10. The maximum absolute atomic E-state index is 12.3. The first-order chi connectivity index (χ1) is 9.13. The van der Waals surface area contributed by atoms with Gasteiger partial charge in [-0.05, 0) is 30.8 Å². The standard InChI is InChI=1S/C13H12BrN3OS/c1-16-7-15-13-17(8-16)12(18)11(19-13)6-9-2-4-10(14)5-3-9/h2-6H,7-8H2,1H3/b11-6-. The molecule has 0 N–H and O–H groups in total. The Hall–Kier alpha value is -1.24. The lowest BCUT2D eigenvalue weighted by atomic mass is 10.2. The monoisotopic (exact) mass is 337 g/mol. The zero-order valence-electron chi connectivity index (χ0n) is 10.3. The molecule has 0 spiro atoms. The van der Waals surface area contributed by atoms with Crippen LogP contribution in [0.1, 0.15) is 5.56 Å². The summed E-state index contributed by atoms with van der Waals surface area (Å²) in [6, 6.07) is 7.90. The molecule has 0 amide bonds. The lowest BCUT2D eigenvalue weighted by Gasteiger charge is -2.17. The van der Waals surface area contributed by atoms with Crippen LogP contribution < -0.4 is 14.9 Å². The molecule has 0 atom stereocenters. The van der Waals surface area contributed by atoms with Crippen LogP contribution in [0.2, 0.25) is 0 Å². The Labute approximate surface area is 122 Å². The van der Waals surface area contributed by atoms with Crippen molar-refractivity contribution in [3.05, 3.63) is 54.0 Å². The van der Waals surface area contributed by atoms with E-state index in [-0.39, 0.29) is 5.56 Å². The van der Waals surface area contributed by atoms with Gasteiger partial charge in [0.15, 0.2) is 4.80 Å². The molecule has 0 unspecified atom stereocenters. The lowest BCUT2D eigenvalue weighted by Crippen LogP contribution is -2.40. The smallest absolute Gasteiger partial charge is 0.270 e. The zero-order valence-corrected chi connectivity index (χ0v) is 12.7. The Morgan fingerprint density at radius 3 is 2.84 bits per heavy atom. The highest BCUT2D eigenvalue weighted by atomic mass is 79.9. The third-order valence-corrected chi connectivity index (χ3v) is 4.46. The van der Waals surface area contributed by atoms with Gasteiger partial charge >= 0.3 is 0 Å². The van der Waals surface area contributed by atoms with Gasteiger partial charge < -0.3 is 0 Å². The van der Waals surface area contributed by atoms with E-state index in [1.165, 1.54) is 11.3 Å². The molecule has 0 aliphatic carbocycles. The van der Waals surface area contributed by atoms with Crippen molar-refractivity contribution in [2.45, 2.75) is 6.67 Å². The number of halogens is 1. The number of benzene rings is 1. The van der Waals surface area contributed by atoms with Crippen LogP contribution in [0.5, 0.6) is 0 Å². The predicted octanol–water partition coefficient (Wildman–Crippen LogP) is 0.981. The van der Waals surface area contributed by atoms with Crippen LogP contribution in [0, 0.1) is 0 Å². The summed E-state index contributed by atoms with van der Waals surface area (Å²) >= 11 is 4.85. The summed E-state index contributed by atoms with van der Waals surface area (Å²) in [5, 5.41) is 0. The minimum absolute atomic E-state index is 0.0400. The molecule has 1 aromatic carbocycles. The van der Waals surface area contributed by atoms with Crippen LogP contribution in [0.3, 0.4) is 0 Å². The molecule has 1 aliphatic rings. The Kier molecular flexibility index (Phi) is 3.38. The fourth-order valence-electron chi connectivity index (χ4n) is 1.93. The average molecular weight is 338 g/mol. The van der Waals surface area contributed by atoms with E-state index in [1.54, 1.807) is 4.57 Å². The van der Waals surface area contributed by atoms with Crippen LogP contribution in [0.25, 0.3) is 6.08 Å². The van der Waals surface area contributed by atoms with E-state index < -0.39 is 0 Å². The van der Waals surface area contributed by atoms with Crippen molar-refractivity contribution in [2.24, 2.45) is 4.99 Å². The molecule has 0 bridgehead atoms. The van der Waals surface area contributed by atoms with E-state index in [0.29, 0.717) is 13.3 Å². The number of fused-ring (bicyclic) bond motifs is 1. The van der Waals surface area contributed by atoms with Crippen molar-refractivity contribution in [1.29, 1.82) is 0 Å². The van der Waals surface area contributed by atoms with E-state index in [2.05, 4.69) is 20.9 Å². The molecule has 6 heteroatoms. The maximum atomic E-state index is 12.3. The zero-order chi connectivity index (χ0) is 13.4. The van der Waals surface area contributed by atoms with E-state index >= 15 is 0 Å². The Morgan fingerprint density at radius 1 is 1.37 bits per heavy atom. The topological polar surface area (TPSA) is 37.6 Å². The molecule has 2 heterocycles. The molecule has 0 saturated heterocycles. The SMILES string of the molecule is CN1CN=c2s/c(=C\c3ccc(Br)cc3)c(=O)n2C1. The van der Waals surface area contributed by atoms with Gasteiger partial charge in [-0.1, -0.05) is 39.4 Å². The van der Waals surface area contributed by atoms with Crippen molar-refractivity contribution in [3.8, 4) is 0 Å². The third kappa shape index (κ3) is 2.56. The minimum atomic E-state index is 0.0400. The van der Waals surface area contributed by atoms with Crippen LogP contribution in [-0.2, 0) is 6.67 Å². The second-order valence-corrected chi connectivity index (χ2v) is 6.40. The minimum Gasteiger partial charge on any atom is -0.270 e. The first kappa shape index (κ1) is 12.8. The van der Waals surface area contributed by atoms with Gasteiger partial charge in [-0.2, -0.15) is 0 Å². The quantitative estimate of drug-likeness (QED) is 0.778. The van der Waals surface area contributed by atoms with Crippen molar-refractivity contribution in [1.82, 2.24) is 9.47 Å². The molecule has 0 fully saturated rings. The fraction of sp³-hybridized carbons (Fsp3) is 0.231. The molecule has 1 aromatic heterocycles. The largest absolute Gasteiger partial charge is 0.271 e. The summed E-state index contributed by atoms with van der Waals surface area (Å²) in [4.78, 5) is 19.5. The number of aromatic nitrogens is 1. The van der Waals surface area contributed by atoms with Gasteiger partial charge in [0.1, 0.15) is 0 Å². The number of nitrogens with zero attached hydrogens (tertiary/aromatic N) is 3. The van der Waals surface area contributed by atoms with Crippen LogP contribution in [0.15, 0.2) is 38.5 Å². The first-order valence-electron chi connectivity index (χ1n) is 5.83. The van der Waals surface area contributed by atoms with Gasteiger partial charge in [-0.25, -0.2) is 4.99 Å². The second kappa shape index (κ2) is 5.03. The third-order valence-electron chi connectivity index (χ3n) is 2.89. The molecule has 3 rings (SSSR count). The molecule has 4 nitrogen and oxygen atoms in total. The highest BCUT2D eigenvalue weighted by molar-refractivity contribution is 9.10. The van der Waals surface area contributed by atoms with Gasteiger partial charge in [0, 0.05) is 4.47 Å². The maximum Gasteiger partial charge on any atom is 0.271 e. The molecular weight excluding hydrogens is 326 g/mol. The van der Waals surface area contributed by atoms with Crippen molar-refractivity contribution < 1.29 is 0 Å². The van der Waals surface area contributed by atoms with Crippen molar-refractivity contribution in [3.63, 3.8) is 0 Å². The predicted molar refractivity (Wildman–Crippen MR) is 79.7 cm³/mol. The molecule has 19 heavy (non-hydrogen) atoms. The van der Waals surface area contributed by atoms with E-state index in [0.717, 1.165) is 19.4 Å². The van der Waals surface area contributed by atoms with E-state index in [4.69, 9.17) is 0 Å². The number of rotatable bonds is 1. The normalized spacial score (nSPS) is 16.2. The molecule has 0 radical (unpaired) electrons. The van der Waals surface area contributed by atoms with Crippen LogP contribution in [0.4, 0.5) is 0 Å². The molecule has 2 aromatic rings. The molecule has 0 saturated carbocycles.